The number of aryl methyl sites for hydroxylation is 1. The lowest BCUT2D eigenvalue weighted by atomic mass is 10.0. The molecule has 0 aliphatic heterocycles. The van der Waals surface area contributed by atoms with Gasteiger partial charge in [-0.3, -0.25) is 9.59 Å². The number of nitrogens with one attached hydrogen (secondary N) is 1. The fourth-order valence-electron chi connectivity index (χ4n) is 1.85. The average molecular weight is 342 g/mol. The summed E-state index contributed by atoms with van der Waals surface area (Å²) in [5.74, 6) is -0.595. The summed E-state index contributed by atoms with van der Waals surface area (Å²) in [6.45, 7) is 4.49. The molecule has 20 heavy (non-hydrogen) atoms. The Hall–Kier alpha value is -1.36. The van der Waals surface area contributed by atoms with E-state index in [1.807, 2.05) is 32.0 Å². The van der Waals surface area contributed by atoms with Crippen molar-refractivity contribution in [2.24, 2.45) is 5.92 Å². The van der Waals surface area contributed by atoms with Gasteiger partial charge >= 0.3 is 5.97 Å². The van der Waals surface area contributed by atoms with Gasteiger partial charge in [0, 0.05) is 17.4 Å². The zero-order chi connectivity index (χ0) is 15.1. The molecule has 0 fully saturated rings. The predicted molar refractivity (Wildman–Crippen MR) is 81.9 cm³/mol. The first-order valence-corrected chi connectivity index (χ1v) is 7.45. The first-order chi connectivity index (χ1) is 9.40. The van der Waals surface area contributed by atoms with E-state index in [0.29, 0.717) is 18.5 Å². The Bertz CT molecular complexity index is 488. The Morgan fingerprint density at radius 2 is 2.05 bits per heavy atom. The summed E-state index contributed by atoms with van der Waals surface area (Å²) in [5.41, 5.74) is 1.66. The fraction of sp³-hybridized carbons (Fsp3) is 0.467. The second-order valence-corrected chi connectivity index (χ2v) is 5.92. The van der Waals surface area contributed by atoms with Crippen LogP contribution in [0.4, 0.5) is 0 Å². The highest BCUT2D eigenvalue weighted by Gasteiger charge is 2.11. The first kappa shape index (κ1) is 16.7. The van der Waals surface area contributed by atoms with Crippen molar-refractivity contribution in [2.45, 2.75) is 33.1 Å². The van der Waals surface area contributed by atoms with E-state index in [9.17, 15) is 9.59 Å². The van der Waals surface area contributed by atoms with Gasteiger partial charge in [0.15, 0.2) is 0 Å². The van der Waals surface area contributed by atoms with Crippen LogP contribution in [0.2, 0.25) is 0 Å². The lowest BCUT2D eigenvalue weighted by molar-refractivity contribution is -0.137. The Morgan fingerprint density at radius 1 is 1.35 bits per heavy atom. The van der Waals surface area contributed by atoms with Gasteiger partial charge in [-0.2, -0.15) is 0 Å². The topological polar surface area (TPSA) is 66.4 Å². The monoisotopic (exact) mass is 341 g/mol. The predicted octanol–water partition coefficient (Wildman–Crippen LogP) is 3.38. The molecule has 1 amide bonds. The first-order valence-electron chi connectivity index (χ1n) is 6.66. The molecule has 4 nitrogen and oxygen atoms in total. The normalized spacial score (nSPS) is 11.9. The Labute approximate surface area is 127 Å². The molecule has 1 aromatic rings. The number of carbonyl (C=O) groups excluding carboxylic acids is 1. The maximum absolute atomic E-state index is 12.0. The maximum atomic E-state index is 12.0. The van der Waals surface area contributed by atoms with Gasteiger partial charge in [-0.15, -0.1) is 0 Å². The van der Waals surface area contributed by atoms with Crippen LogP contribution in [0.5, 0.6) is 0 Å². The van der Waals surface area contributed by atoms with E-state index in [1.165, 1.54) is 0 Å². The van der Waals surface area contributed by atoms with Gasteiger partial charge in [0.1, 0.15) is 0 Å². The standard InChI is InChI=1S/C15H20BrNO3/c1-10(4-6-14(18)19)7-8-17-15(20)12-9-11(2)3-5-13(12)16/h3,5,9-10H,4,6-8H2,1-2H3,(H,17,20)(H,18,19). The third-order valence-corrected chi connectivity index (χ3v) is 3.83. The van der Waals surface area contributed by atoms with Crippen molar-refractivity contribution >= 4 is 27.8 Å². The molecule has 1 rings (SSSR count). The summed E-state index contributed by atoms with van der Waals surface area (Å²) in [6.07, 6.45) is 1.60. The SMILES string of the molecule is Cc1ccc(Br)c(C(=O)NCCC(C)CCC(=O)O)c1. The Balaban J connectivity index is 2.40. The van der Waals surface area contributed by atoms with Crippen LogP contribution < -0.4 is 5.32 Å². The van der Waals surface area contributed by atoms with Gasteiger partial charge in [-0.1, -0.05) is 18.6 Å². The molecule has 0 saturated carbocycles. The van der Waals surface area contributed by atoms with Crippen LogP contribution in [-0.4, -0.2) is 23.5 Å². The molecular weight excluding hydrogens is 322 g/mol. The van der Waals surface area contributed by atoms with Crippen LogP contribution in [0.25, 0.3) is 0 Å². The van der Waals surface area contributed by atoms with Crippen molar-refractivity contribution in [3.8, 4) is 0 Å². The van der Waals surface area contributed by atoms with Crippen LogP contribution in [0, 0.1) is 12.8 Å². The van der Waals surface area contributed by atoms with Gasteiger partial charge in [-0.05, 0) is 53.7 Å². The number of amides is 1. The number of carboxylic acids is 1. The van der Waals surface area contributed by atoms with E-state index in [4.69, 9.17) is 5.11 Å². The summed E-state index contributed by atoms with van der Waals surface area (Å²) < 4.78 is 0.777. The van der Waals surface area contributed by atoms with Crippen LogP contribution in [-0.2, 0) is 4.79 Å². The number of benzene rings is 1. The minimum absolute atomic E-state index is 0.106. The molecule has 1 aromatic carbocycles. The smallest absolute Gasteiger partial charge is 0.303 e. The van der Waals surface area contributed by atoms with E-state index in [1.54, 1.807) is 0 Å². The molecule has 0 aliphatic carbocycles. The van der Waals surface area contributed by atoms with Crippen LogP contribution in [0.15, 0.2) is 22.7 Å². The molecule has 0 radical (unpaired) electrons. The highest BCUT2D eigenvalue weighted by molar-refractivity contribution is 9.10. The third kappa shape index (κ3) is 5.74. The van der Waals surface area contributed by atoms with E-state index >= 15 is 0 Å². The second-order valence-electron chi connectivity index (χ2n) is 5.07. The van der Waals surface area contributed by atoms with Crippen molar-refractivity contribution in [3.63, 3.8) is 0 Å². The average Bonchev–Trinajstić information content (AvgIpc) is 2.39. The molecule has 0 aromatic heterocycles. The molecule has 0 saturated heterocycles. The van der Waals surface area contributed by atoms with Gasteiger partial charge in [-0.25, -0.2) is 0 Å². The fourth-order valence-corrected chi connectivity index (χ4v) is 2.28. The van der Waals surface area contributed by atoms with E-state index in [0.717, 1.165) is 16.5 Å². The lowest BCUT2D eigenvalue weighted by Crippen LogP contribution is -2.26. The van der Waals surface area contributed by atoms with Crippen molar-refractivity contribution in [1.29, 1.82) is 0 Å². The minimum Gasteiger partial charge on any atom is -0.481 e. The number of halogens is 1. The van der Waals surface area contributed by atoms with E-state index in [2.05, 4.69) is 21.2 Å². The van der Waals surface area contributed by atoms with E-state index < -0.39 is 5.97 Å². The largest absolute Gasteiger partial charge is 0.481 e. The molecule has 110 valence electrons. The van der Waals surface area contributed by atoms with Crippen molar-refractivity contribution in [3.05, 3.63) is 33.8 Å². The van der Waals surface area contributed by atoms with Gasteiger partial charge in [0.25, 0.3) is 5.91 Å². The van der Waals surface area contributed by atoms with Crippen LogP contribution in [0.3, 0.4) is 0 Å². The molecule has 0 aliphatic rings. The van der Waals surface area contributed by atoms with Gasteiger partial charge in [0.05, 0.1) is 5.56 Å². The third-order valence-electron chi connectivity index (χ3n) is 3.14. The summed E-state index contributed by atoms with van der Waals surface area (Å²) in [4.78, 5) is 22.5. The number of hydrogen-bond donors (Lipinski definition) is 2. The highest BCUT2D eigenvalue weighted by atomic mass is 79.9. The summed E-state index contributed by atoms with van der Waals surface area (Å²) in [5, 5.41) is 11.5. The second kappa shape index (κ2) is 8.04. The highest BCUT2D eigenvalue weighted by Crippen LogP contribution is 2.18. The molecule has 0 heterocycles. The Morgan fingerprint density at radius 3 is 2.70 bits per heavy atom. The zero-order valence-electron chi connectivity index (χ0n) is 11.8. The quantitative estimate of drug-likeness (QED) is 0.798. The van der Waals surface area contributed by atoms with Crippen LogP contribution in [0.1, 0.15) is 42.1 Å². The molecule has 1 atom stereocenters. The molecule has 0 bridgehead atoms. The minimum atomic E-state index is -0.774. The lowest BCUT2D eigenvalue weighted by Gasteiger charge is -2.11. The summed E-state index contributed by atoms with van der Waals surface area (Å²) in [6, 6.07) is 5.64. The number of carboxylic acid groups (broad SMARTS) is 1. The maximum Gasteiger partial charge on any atom is 0.303 e. The summed E-state index contributed by atoms with van der Waals surface area (Å²) in [7, 11) is 0. The van der Waals surface area contributed by atoms with Gasteiger partial charge < -0.3 is 10.4 Å². The Kier molecular flexibility index (Phi) is 6.71. The van der Waals surface area contributed by atoms with Crippen molar-refractivity contribution < 1.29 is 14.7 Å². The molecule has 1 unspecified atom stereocenters. The van der Waals surface area contributed by atoms with Crippen molar-refractivity contribution in [2.75, 3.05) is 6.54 Å². The molecule has 0 spiro atoms. The zero-order valence-corrected chi connectivity index (χ0v) is 13.4. The van der Waals surface area contributed by atoms with Crippen LogP contribution >= 0.6 is 15.9 Å². The molecular formula is C15H20BrNO3. The number of rotatable bonds is 7. The molecule has 2 N–H and O–H groups in total. The van der Waals surface area contributed by atoms with Gasteiger partial charge in [0.2, 0.25) is 0 Å². The number of aliphatic carboxylic acids is 1. The number of hydrogen-bond acceptors (Lipinski definition) is 2. The molecule has 5 heteroatoms. The van der Waals surface area contributed by atoms with Crippen molar-refractivity contribution in [1.82, 2.24) is 5.32 Å². The number of carbonyl (C=O) groups is 2. The van der Waals surface area contributed by atoms with E-state index in [-0.39, 0.29) is 18.2 Å². The summed E-state index contributed by atoms with van der Waals surface area (Å²) >= 11 is 3.37.